The number of rotatable bonds is 4. The minimum absolute atomic E-state index is 0.0442. The van der Waals surface area contributed by atoms with Gasteiger partial charge in [-0.25, -0.2) is 4.39 Å². The molecule has 0 aromatic heterocycles. The van der Waals surface area contributed by atoms with Crippen molar-refractivity contribution >= 4 is 41.8 Å². The van der Waals surface area contributed by atoms with Gasteiger partial charge in [-0.1, -0.05) is 12.1 Å². The molecule has 2 aromatic rings. The van der Waals surface area contributed by atoms with Gasteiger partial charge in [0.2, 0.25) is 17.6 Å². The van der Waals surface area contributed by atoms with Crippen LogP contribution in [-0.4, -0.2) is 47.2 Å². The molecule has 2 heterocycles. The van der Waals surface area contributed by atoms with E-state index in [2.05, 4.69) is 10.5 Å². The van der Waals surface area contributed by atoms with E-state index in [4.69, 9.17) is 4.74 Å². The summed E-state index contributed by atoms with van der Waals surface area (Å²) in [7, 11) is -0.141. The van der Waals surface area contributed by atoms with Crippen LogP contribution in [0.1, 0.15) is 30.4 Å². The monoisotopic (exact) mass is 514 g/mol. The summed E-state index contributed by atoms with van der Waals surface area (Å²) in [5, 5.41) is 13.6. The number of nitrogens with one attached hydrogen (secondary N) is 2. The number of fused-ring (bicyclic) bond motifs is 1. The van der Waals surface area contributed by atoms with Crippen molar-refractivity contribution in [1.82, 2.24) is 5.23 Å². The summed E-state index contributed by atoms with van der Waals surface area (Å²) in [4.78, 5) is 24.9. The number of thioether (sulfide) groups is 1. The van der Waals surface area contributed by atoms with Gasteiger partial charge in [0.1, 0.15) is 4.75 Å². The molecule has 0 unspecified atom stereocenters. The first-order valence-electron chi connectivity index (χ1n) is 10.5. The number of hydrogen-bond acceptors (Lipinski definition) is 5. The Kier molecular flexibility index (Phi) is 6.52. The van der Waals surface area contributed by atoms with Crippen LogP contribution >= 0.6 is 11.8 Å². The van der Waals surface area contributed by atoms with Crippen LogP contribution in [0.4, 0.5) is 27.6 Å². The lowest BCUT2D eigenvalue weighted by Crippen LogP contribution is -2.54. The maximum absolute atomic E-state index is 14.4. The molecule has 35 heavy (non-hydrogen) atoms. The number of alkyl halides is 3. The van der Waals surface area contributed by atoms with Gasteiger partial charge < -0.3 is 20.3 Å². The van der Waals surface area contributed by atoms with Crippen LogP contribution in [-0.2, 0) is 16.0 Å². The summed E-state index contributed by atoms with van der Waals surface area (Å²) >= 11 is 0.396. The minimum Gasteiger partial charge on any atom is -0.493 e. The second kappa shape index (κ2) is 9.01. The van der Waals surface area contributed by atoms with Crippen molar-refractivity contribution in [3.8, 4) is 5.75 Å². The van der Waals surface area contributed by atoms with E-state index in [0.717, 1.165) is 26.2 Å². The molecule has 0 bridgehead atoms. The Hall–Kier alpha value is -2.80. The molecule has 2 amide bonds. The highest BCUT2D eigenvalue weighted by Gasteiger charge is 2.60. The quantitative estimate of drug-likeness (QED) is 0.432. The molecular formula is C22H20BF5N2O4S. The molecule has 6 nitrogen and oxygen atoms in total. The smallest absolute Gasteiger partial charge is 0.449 e. The highest BCUT2D eigenvalue weighted by atomic mass is 32.2. The first-order chi connectivity index (χ1) is 16.3. The topological polar surface area (TPSA) is 87.7 Å². The summed E-state index contributed by atoms with van der Waals surface area (Å²) in [5.74, 6) is -5.46. The lowest BCUT2D eigenvalue weighted by Gasteiger charge is -2.26. The largest absolute Gasteiger partial charge is 0.493 e. The summed E-state index contributed by atoms with van der Waals surface area (Å²) in [5.41, 5.74) is 1.06. The third kappa shape index (κ3) is 4.58. The number of benzene rings is 2. The zero-order valence-corrected chi connectivity index (χ0v) is 19.3. The summed E-state index contributed by atoms with van der Waals surface area (Å²) < 4.78 is 72.4. The number of carbonyl (C=O) groups excluding carboxylic acids is 2. The van der Waals surface area contributed by atoms with Gasteiger partial charge in [0.05, 0.1) is 18.8 Å². The number of carbonyl (C=O) groups is 2. The number of methoxy groups -OCH3 is 1. The van der Waals surface area contributed by atoms with Crippen LogP contribution in [0.3, 0.4) is 0 Å². The third-order valence-electron chi connectivity index (χ3n) is 6.26. The molecule has 3 N–H and O–H groups in total. The van der Waals surface area contributed by atoms with E-state index in [-0.39, 0.29) is 17.7 Å². The Labute approximate surface area is 201 Å². The lowest BCUT2D eigenvalue weighted by molar-refractivity contribution is -0.155. The zero-order chi connectivity index (χ0) is 25.7. The molecule has 1 fully saturated rings. The fourth-order valence-electron chi connectivity index (χ4n) is 4.45. The van der Waals surface area contributed by atoms with Crippen LogP contribution < -0.4 is 20.7 Å². The third-order valence-corrected chi connectivity index (χ3v) is 7.97. The van der Waals surface area contributed by atoms with E-state index >= 15 is 0 Å². The van der Waals surface area contributed by atoms with Crippen molar-refractivity contribution in [2.45, 2.75) is 41.9 Å². The van der Waals surface area contributed by atoms with Gasteiger partial charge in [0, 0.05) is 17.2 Å². The van der Waals surface area contributed by atoms with E-state index in [1.807, 2.05) is 0 Å². The van der Waals surface area contributed by atoms with Crippen molar-refractivity contribution in [1.29, 1.82) is 0 Å². The van der Waals surface area contributed by atoms with E-state index in [1.165, 1.54) is 18.2 Å². The van der Waals surface area contributed by atoms with Crippen molar-refractivity contribution in [3.05, 3.63) is 53.1 Å². The summed E-state index contributed by atoms with van der Waals surface area (Å²) in [6.07, 6.45) is -5.28. The first kappa shape index (κ1) is 25.3. The Balaban J connectivity index is 1.68. The van der Waals surface area contributed by atoms with Gasteiger partial charge in [-0.3, -0.25) is 9.59 Å². The van der Waals surface area contributed by atoms with Gasteiger partial charge in [0.15, 0.2) is 11.6 Å². The van der Waals surface area contributed by atoms with E-state index in [1.54, 1.807) is 0 Å². The maximum atomic E-state index is 14.4. The molecule has 4 rings (SSSR count). The number of ether oxygens (including phenoxy) is 1. The Morgan fingerprint density at radius 1 is 1.29 bits per heavy atom. The Bertz CT molecular complexity index is 1200. The van der Waals surface area contributed by atoms with Crippen LogP contribution in [0, 0.1) is 11.6 Å². The molecule has 0 saturated carbocycles. The van der Waals surface area contributed by atoms with Gasteiger partial charge in [0.25, 0.3) is 0 Å². The molecule has 186 valence electrons. The van der Waals surface area contributed by atoms with Gasteiger partial charge >= 0.3 is 13.2 Å². The van der Waals surface area contributed by atoms with Crippen molar-refractivity contribution < 1.29 is 41.3 Å². The lowest BCUT2D eigenvalue weighted by atomic mass is 9.68. The fraction of sp³-hybridized carbons (Fsp3) is 0.364. The number of hydrogen-bond donors (Lipinski definition) is 3. The minimum atomic E-state index is -4.67. The molecule has 2 aliphatic heterocycles. The second-order valence-electron chi connectivity index (χ2n) is 8.61. The SMILES string of the molecule is COc1c([C@@H]2C[C@](C)(C(F)(F)F)S[C@H]2C(=O)Nc2ccc3c(c2)CC(=O)NB3O)ccc(F)c1F. The number of anilines is 1. The molecular weight excluding hydrogens is 494 g/mol. The zero-order valence-electron chi connectivity index (χ0n) is 18.5. The molecule has 2 aliphatic rings. The molecule has 3 atom stereocenters. The summed E-state index contributed by atoms with van der Waals surface area (Å²) in [6.45, 7) is 0.962. The van der Waals surface area contributed by atoms with E-state index in [9.17, 15) is 36.6 Å². The molecule has 0 radical (unpaired) electrons. The average molecular weight is 514 g/mol. The van der Waals surface area contributed by atoms with Gasteiger partial charge in [-0.2, -0.15) is 17.6 Å². The van der Waals surface area contributed by atoms with Crippen molar-refractivity contribution in [3.63, 3.8) is 0 Å². The number of halogens is 5. The maximum Gasteiger partial charge on any atom is 0.449 e. The standard InChI is InChI=1S/C22H20BF5N2O4S/c1-21(22(26,27)28)9-13(12-4-6-15(24)17(25)18(12)34-2)19(35-21)20(32)29-11-3-5-14-10(7-11)8-16(31)30-23(14)33/h3-7,13,19,33H,8-9H2,1-2H3,(H,29,32)(H,30,31)/t13-,19+,21+/m0/s1. The van der Waals surface area contributed by atoms with Crippen LogP contribution in [0.15, 0.2) is 30.3 Å². The Morgan fingerprint density at radius 2 is 2.00 bits per heavy atom. The fourth-order valence-corrected chi connectivity index (χ4v) is 5.99. The van der Waals surface area contributed by atoms with E-state index in [0.29, 0.717) is 22.8 Å². The first-order valence-corrected chi connectivity index (χ1v) is 11.4. The predicted molar refractivity (Wildman–Crippen MR) is 121 cm³/mol. The molecule has 0 aliphatic carbocycles. The average Bonchev–Trinajstić information content (AvgIpc) is 3.14. The van der Waals surface area contributed by atoms with E-state index < -0.39 is 64.8 Å². The van der Waals surface area contributed by atoms with Crippen LogP contribution in [0.2, 0.25) is 0 Å². The molecule has 2 aromatic carbocycles. The molecule has 13 heteroatoms. The summed E-state index contributed by atoms with van der Waals surface area (Å²) in [6, 6.07) is 6.32. The second-order valence-corrected chi connectivity index (χ2v) is 10.3. The predicted octanol–water partition coefficient (Wildman–Crippen LogP) is 2.88. The van der Waals surface area contributed by atoms with Crippen LogP contribution in [0.25, 0.3) is 0 Å². The Morgan fingerprint density at radius 3 is 2.66 bits per heavy atom. The van der Waals surface area contributed by atoms with Gasteiger partial charge in [-0.15, -0.1) is 11.8 Å². The van der Waals surface area contributed by atoms with Crippen LogP contribution in [0.5, 0.6) is 5.75 Å². The number of amides is 2. The molecule has 1 saturated heterocycles. The van der Waals surface area contributed by atoms with Crippen molar-refractivity contribution in [2.24, 2.45) is 0 Å². The van der Waals surface area contributed by atoms with Crippen molar-refractivity contribution in [2.75, 3.05) is 12.4 Å². The molecule has 0 spiro atoms. The highest BCUT2D eigenvalue weighted by Crippen LogP contribution is 2.59. The highest BCUT2D eigenvalue weighted by molar-refractivity contribution is 8.02. The normalized spacial score (nSPS) is 24.1. The van der Waals surface area contributed by atoms with Gasteiger partial charge in [-0.05, 0) is 42.6 Å².